The number of carbonyl (C=O) groups is 1. The second-order valence-electron chi connectivity index (χ2n) is 6.48. The quantitative estimate of drug-likeness (QED) is 0.432. The first-order valence-corrected chi connectivity index (χ1v) is 10.4. The fourth-order valence-corrected chi connectivity index (χ4v) is 4.63. The number of methoxy groups -OCH3 is 1. The van der Waals surface area contributed by atoms with Crippen LogP contribution in [0.4, 0.5) is 5.13 Å². The number of nitrogens with zero attached hydrogens (tertiary/aromatic N) is 2. The number of aromatic nitrogens is 1. The molecule has 0 saturated carbocycles. The highest BCUT2D eigenvalue weighted by Crippen LogP contribution is 2.42. The zero-order chi connectivity index (χ0) is 20.1. The molecule has 4 aromatic rings. The van der Waals surface area contributed by atoms with Gasteiger partial charge in [-0.1, -0.05) is 28.1 Å². The second kappa shape index (κ2) is 6.82. The van der Waals surface area contributed by atoms with Crippen LogP contribution in [-0.4, -0.2) is 18.0 Å². The Morgan fingerprint density at radius 2 is 2.07 bits per heavy atom. The van der Waals surface area contributed by atoms with Gasteiger partial charge in [-0.2, -0.15) is 0 Å². The van der Waals surface area contributed by atoms with E-state index in [1.807, 2.05) is 24.3 Å². The molecule has 1 unspecified atom stereocenters. The van der Waals surface area contributed by atoms with Gasteiger partial charge in [0.15, 0.2) is 10.6 Å². The van der Waals surface area contributed by atoms with Gasteiger partial charge < -0.3 is 9.15 Å². The number of fused-ring (bicyclic) bond motifs is 2. The zero-order valence-corrected chi connectivity index (χ0v) is 17.5. The summed E-state index contributed by atoms with van der Waals surface area (Å²) in [7, 11) is 1.57. The first-order chi connectivity index (χ1) is 14.1. The summed E-state index contributed by atoms with van der Waals surface area (Å²) in [5.74, 6) is 0.299. The lowest BCUT2D eigenvalue weighted by Crippen LogP contribution is -2.29. The number of ether oxygens (including phenoxy) is 1. The van der Waals surface area contributed by atoms with Crippen molar-refractivity contribution in [1.29, 1.82) is 0 Å². The van der Waals surface area contributed by atoms with E-state index in [-0.39, 0.29) is 17.1 Å². The van der Waals surface area contributed by atoms with Crippen molar-refractivity contribution in [1.82, 2.24) is 4.98 Å². The van der Waals surface area contributed by atoms with E-state index < -0.39 is 6.04 Å². The van der Waals surface area contributed by atoms with Crippen LogP contribution in [0, 0.1) is 0 Å². The Hall–Kier alpha value is -2.97. The molecular weight excluding hydrogens is 456 g/mol. The molecule has 1 aliphatic rings. The molecule has 0 N–H and O–H groups in total. The summed E-state index contributed by atoms with van der Waals surface area (Å²) in [6.45, 7) is 0. The summed E-state index contributed by atoms with van der Waals surface area (Å²) < 4.78 is 12.0. The monoisotopic (exact) mass is 468 g/mol. The molecule has 2 aromatic carbocycles. The number of rotatable bonds is 3. The maximum absolute atomic E-state index is 13.5. The van der Waals surface area contributed by atoms with Crippen LogP contribution in [0.5, 0.6) is 5.75 Å². The van der Waals surface area contributed by atoms with Gasteiger partial charge in [-0.25, -0.2) is 4.98 Å². The number of thiazole rings is 1. The molecule has 0 radical (unpaired) electrons. The average molecular weight is 469 g/mol. The van der Waals surface area contributed by atoms with E-state index in [0.29, 0.717) is 27.4 Å². The Balaban J connectivity index is 1.83. The van der Waals surface area contributed by atoms with Gasteiger partial charge in [0.25, 0.3) is 5.91 Å². The topological polar surface area (TPSA) is 72.6 Å². The van der Waals surface area contributed by atoms with Crippen LogP contribution in [0.3, 0.4) is 0 Å². The first kappa shape index (κ1) is 18.1. The fraction of sp³-hybridized carbons (Fsp3) is 0.0952. The minimum Gasteiger partial charge on any atom is -0.497 e. The Labute approximate surface area is 177 Å². The van der Waals surface area contributed by atoms with Crippen LogP contribution in [0.15, 0.2) is 67.7 Å². The standard InChI is InChI=1S/C21H13BrN2O4S/c1-27-13-4-2-3-11(9-13)17-16-18(25)14-10-12(22)5-6-15(14)28-19(16)20(26)24(17)21-23-7-8-29-21/h2-10,17H,1H3. The third-order valence-corrected chi connectivity index (χ3v) is 6.13. The molecule has 144 valence electrons. The van der Waals surface area contributed by atoms with Crippen molar-refractivity contribution in [3.05, 3.63) is 85.6 Å². The number of hydrogen-bond acceptors (Lipinski definition) is 6. The molecule has 1 amide bonds. The Bertz CT molecular complexity index is 1320. The smallest absolute Gasteiger partial charge is 0.297 e. The number of benzene rings is 2. The molecule has 6 nitrogen and oxygen atoms in total. The molecule has 8 heteroatoms. The van der Waals surface area contributed by atoms with Gasteiger partial charge in [-0.05, 0) is 35.9 Å². The lowest BCUT2D eigenvalue weighted by atomic mass is 9.98. The summed E-state index contributed by atoms with van der Waals surface area (Å²) in [6, 6.07) is 11.8. The second-order valence-corrected chi connectivity index (χ2v) is 8.27. The van der Waals surface area contributed by atoms with Crippen molar-refractivity contribution in [2.24, 2.45) is 0 Å². The van der Waals surface area contributed by atoms with Crippen molar-refractivity contribution < 1.29 is 13.9 Å². The van der Waals surface area contributed by atoms with Gasteiger partial charge in [0.05, 0.1) is 24.1 Å². The Morgan fingerprint density at radius 3 is 2.83 bits per heavy atom. The summed E-state index contributed by atoms with van der Waals surface area (Å²) in [4.78, 5) is 32.6. The lowest BCUT2D eigenvalue weighted by Gasteiger charge is -2.22. The summed E-state index contributed by atoms with van der Waals surface area (Å²) in [5, 5.41) is 2.70. The molecule has 0 aliphatic carbocycles. The van der Waals surface area contributed by atoms with Crippen molar-refractivity contribution in [2.75, 3.05) is 12.0 Å². The third kappa shape index (κ3) is 2.79. The minimum absolute atomic E-state index is 0.0489. The van der Waals surface area contributed by atoms with E-state index in [2.05, 4.69) is 20.9 Å². The van der Waals surface area contributed by atoms with Crippen molar-refractivity contribution in [3.8, 4) is 5.75 Å². The van der Waals surface area contributed by atoms with Crippen molar-refractivity contribution in [2.45, 2.75) is 6.04 Å². The number of carbonyl (C=O) groups excluding carboxylic acids is 1. The molecule has 1 aliphatic heterocycles. The molecule has 2 aromatic heterocycles. The van der Waals surface area contributed by atoms with Crippen LogP contribution in [0.1, 0.15) is 27.7 Å². The van der Waals surface area contributed by atoms with Crippen molar-refractivity contribution in [3.63, 3.8) is 0 Å². The molecule has 0 saturated heterocycles. The Morgan fingerprint density at radius 1 is 1.21 bits per heavy atom. The maximum Gasteiger partial charge on any atom is 0.297 e. The number of anilines is 1. The summed E-state index contributed by atoms with van der Waals surface area (Å²) in [5.41, 5.74) is 1.19. The van der Waals surface area contributed by atoms with Crippen LogP contribution in [-0.2, 0) is 0 Å². The van der Waals surface area contributed by atoms with Gasteiger partial charge in [0, 0.05) is 16.0 Å². The molecule has 0 spiro atoms. The van der Waals surface area contributed by atoms with Gasteiger partial charge in [0.2, 0.25) is 5.76 Å². The molecule has 1 atom stereocenters. The molecule has 3 heterocycles. The molecule has 0 fully saturated rings. The number of hydrogen-bond donors (Lipinski definition) is 0. The first-order valence-electron chi connectivity index (χ1n) is 8.71. The van der Waals surface area contributed by atoms with E-state index in [9.17, 15) is 9.59 Å². The molecular formula is C21H13BrN2O4S. The SMILES string of the molecule is COc1cccc(C2c3c(oc4ccc(Br)cc4c3=O)C(=O)N2c2nccs2)c1. The average Bonchev–Trinajstić information content (AvgIpc) is 3.35. The van der Waals surface area contributed by atoms with E-state index in [1.54, 1.807) is 36.9 Å². The third-order valence-electron chi connectivity index (χ3n) is 4.87. The van der Waals surface area contributed by atoms with Gasteiger partial charge in [-0.3, -0.25) is 14.5 Å². The van der Waals surface area contributed by atoms with E-state index >= 15 is 0 Å². The highest BCUT2D eigenvalue weighted by Gasteiger charge is 2.44. The van der Waals surface area contributed by atoms with Gasteiger partial charge >= 0.3 is 0 Å². The number of amides is 1. The van der Waals surface area contributed by atoms with Crippen LogP contribution in [0.25, 0.3) is 11.0 Å². The summed E-state index contributed by atoms with van der Waals surface area (Å²) in [6.07, 6.45) is 1.63. The Kier molecular flexibility index (Phi) is 4.25. The predicted molar refractivity (Wildman–Crippen MR) is 114 cm³/mol. The maximum atomic E-state index is 13.5. The highest BCUT2D eigenvalue weighted by atomic mass is 79.9. The van der Waals surface area contributed by atoms with Gasteiger partial charge in [-0.15, -0.1) is 11.3 Å². The van der Waals surface area contributed by atoms with Crippen LogP contribution < -0.4 is 15.1 Å². The van der Waals surface area contributed by atoms with Crippen LogP contribution >= 0.6 is 27.3 Å². The summed E-state index contributed by atoms with van der Waals surface area (Å²) >= 11 is 4.73. The fourth-order valence-electron chi connectivity index (χ4n) is 3.60. The van der Waals surface area contributed by atoms with Crippen molar-refractivity contribution >= 4 is 49.3 Å². The molecule has 5 rings (SSSR count). The normalized spacial score (nSPS) is 15.7. The van der Waals surface area contributed by atoms with E-state index in [1.165, 1.54) is 16.2 Å². The predicted octanol–water partition coefficient (Wildman–Crippen LogP) is 4.77. The van der Waals surface area contributed by atoms with E-state index in [4.69, 9.17) is 9.15 Å². The van der Waals surface area contributed by atoms with Crippen LogP contribution in [0.2, 0.25) is 0 Å². The molecule has 0 bridgehead atoms. The highest BCUT2D eigenvalue weighted by molar-refractivity contribution is 9.10. The molecule has 29 heavy (non-hydrogen) atoms. The lowest BCUT2D eigenvalue weighted by molar-refractivity contribution is 0.0971. The zero-order valence-electron chi connectivity index (χ0n) is 15.1. The van der Waals surface area contributed by atoms with Gasteiger partial charge in [0.1, 0.15) is 11.3 Å². The largest absolute Gasteiger partial charge is 0.497 e. The van der Waals surface area contributed by atoms with E-state index in [0.717, 1.165) is 10.0 Å². The number of halogens is 1. The minimum atomic E-state index is -0.654.